The van der Waals surface area contributed by atoms with Crippen molar-refractivity contribution in [3.05, 3.63) is 59.9 Å². The lowest BCUT2D eigenvalue weighted by atomic mass is 10.1. The predicted octanol–water partition coefficient (Wildman–Crippen LogP) is 4.25. The molecule has 6 nitrogen and oxygen atoms in total. The third kappa shape index (κ3) is 3.47. The molecule has 0 aliphatic carbocycles. The van der Waals surface area contributed by atoms with Crippen LogP contribution in [0.5, 0.6) is 0 Å². The number of aromatic nitrogens is 2. The molecule has 0 spiro atoms. The van der Waals surface area contributed by atoms with Gasteiger partial charge in [0, 0.05) is 12.1 Å². The monoisotopic (exact) mass is 339 g/mol. The van der Waals surface area contributed by atoms with Crippen molar-refractivity contribution in [1.82, 2.24) is 15.0 Å². The number of carbonyl (C=O) groups excluding carboxylic acids is 1. The van der Waals surface area contributed by atoms with Gasteiger partial charge < -0.3 is 13.8 Å². The highest BCUT2D eigenvalue weighted by atomic mass is 16.5. The summed E-state index contributed by atoms with van der Waals surface area (Å²) in [5.74, 6) is 1.08. The van der Waals surface area contributed by atoms with E-state index in [0.717, 1.165) is 11.1 Å². The fourth-order valence-electron chi connectivity index (χ4n) is 2.85. The number of carbonyl (C=O) groups is 1. The van der Waals surface area contributed by atoms with Crippen LogP contribution in [-0.2, 0) is 0 Å². The summed E-state index contributed by atoms with van der Waals surface area (Å²) in [6.07, 6.45) is 2.15. The van der Waals surface area contributed by atoms with Gasteiger partial charge in [-0.1, -0.05) is 35.8 Å². The summed E-state index contributed by atoms with van der Waals surface area (Å²) in [5, 5.41) is 4.09. The molecule has 25 heavy (non-hydrogen) atoms. The minimum Gasteiger partial charge on any atom is -0.459 e. The first kappa shape index (κ1) is 17.0. The molecular formula is C19H21N3O3. The van der Waals surface area contributed by atoms with Crippen LogP contribution < -0.4 is 0 Å². The van der Waals surface area contributed by atoms with Crippen LogP contribution in [0.4, 0.5) is 0 Å². The summed E-state index contributed by atoms with van der Waals surface area (Å²) in [4.78, 5) is 18.9. The molecule has 6 heteroatoms. The van der Waals surface area contributed by atoms with Crippen LogP contribution in [0.2, 0.25) is 0 Å². The molecule has 0 bridgehead atoms. The van der Waals surface area contributed by atoms with Crippen LogP contribution in [0.1, 0.15) is 48.3 Å². The van der Waals surface area contributed by atoms with Crippen LogP contribution in [0.25, 0.3) is 11.4 Å². The van der Waals surface area contributed by atoms with Gasteiger partial charge in [0.1, 0.15) is 6.04 Å². The number of amides is 1. The second kappa shape index (κ2) is 7.34. The summed E-state index contributed by atoms with van der Waals surface area (Å²) in [6, 6.07) is 11.0. The van der Waals surface area contributed by atoms with E-state index >= 15 is 0 Å². The van der Waals surface area contributed by atoms with Crippen LogP contribution in [0.15, 0.2) is 51.6 Å². The first-order valence-electron chi connectivity index (χ1n) is 8.39. The average Bonchev–Trinajstić information content (AvgIpc) is 3.30. The molecule has 0 aliphatic rings. The lowest BCUT2D eigenvalue weighted by molar-refractivity contribution is 0.0613. The molecule has 0 fully saturated rings. The maximum absolute atomic E-state index is 12.7. The molecule has 2 aromatic heterocycles. The van der Waals surface area contributed by atoms with Crippen LogP contribution in [0.3, 0.4) is 0 Å². The number of benzene rings is 1. The van der Waals surface area contributed by atoms with E-state index < -0.39 is 0 Å². The Hall–Kier alpha value is -2.89. The first-order chi connectivity index (χ1) is 12.1. The third-order valence-corrected chi connectivity index (χ3v) is 4.10. The van der Waals surface area contributed by atoms with E-state index in [1.54, 1.807) is 17.0 Å². The number of furan rings is 1. The topological polar surface area (TPSA) is 72.4 Å². The standard InChI is InChI=1S/C19H21N3O3/c1-4-15(22(5-2)19(23)16-10-7-11-24-16)18-20-17(21-25-18)14-9-6-8-13(3)12-14/h6-12,15H,4-5H2,1-3H3. The van der Waals surface area contributed by atoms with Gasteiger partial charge in [0.25, 0.3) is 5.91 Å². The normalized spacial score (nSPS) is 12.1. The first-order valence-corrected chi connectivity index (χ1v) is 8.39. The molecule has 130 valence electrons. The Morgan fingerprint density at radius 1 is 1.24 bits per heavy atom. The summed E-state index contributed by atoms with van der Waals surface area (Å²) in [6.45, 7) is 6.43. The fourth-order valence-corrected chi connectivity index (χ4v) is 2.85. The van der Waals surface area contributed by atoms with E-state index in [1.165, 1.54) is 6.26 Å². The van der Waals surface area contributed by atoms with Crippen molar-refractivity contribution in [3.8, 4) is 11.4 Å². The molecule has 2 heterocycles. The quantitative estimate of drug-likeness (QED) is 0.671. The maximum atomic E-state index is 12.7. The van der Waals surface area contributed by atoms with Gasteiger partial charge in [0.2, 0.25) is 11.7 Å². The largest absolute Gasteiger partial charge is 0.459 e. The molecule has 0 N–H and O–H groups in total. The van der Waals surface area contributed by atoms with Gasteiger partial charge >= 0.3 is 0 Å². The van der Waals surface area contributed by atoms with E-state index in [-0.39, 0.29) is 11.9 Å². The molecule has 1 atom stereocenters. The van der Waals surface area contributed by atoms with Gasteiger partial charge in [-0.25, -0.2) is 0 Å². The van der Waals surface area contributed by atoms with Gasteiger partial charge in [-0.2, -0.15) is 4.98 Å². The fraction of sp³-hybridized carbons (Fsp3) is 0.316. The zero-order chi connectivity index (χ0) is 17.8. The average molecular weight is 339 g/mol. The molecular weight excluding hydrogens is 318 g/mol. The molecule has 0 saturated carbocycles. The Morgan fingerprint density at radius 3 is 2.72 bits per heavy atom. The number of rotatable bonds is 6. The van der Waals surface area contributed by atoms with Crippen molar-refractivity contribution < 1.29 is 13.7 Å². The Bertz CT molecular complexity index is 839. The predicted molar refractivity (Wildman–Crippen MR) is 92.9 cm³/mol. The van der Waals surface area contributed by atoms with Gasteiger partial charge in [-0.05, 0) is 38.5 Å². The van der Waals surface area contributed by atoms with E-state index in [0.29, 0.717) is 30.4 Å². The molecule has 1 aromatic carbocycles. The zero-order valence-electron chi connectivity index (χ0n) is 14.6. The third-order valence-electron chi connectivity index (χ3n) is 4.10. The lowest BCUT2D eigenvalue weighted by Gasteiger charge is -2.26. The minimum absolute atomic E-state index is 0.186. The number of hydrogen-bond donors (Lipinski definition) is 0. The maximum Gasteiger partial charge on any atom is 0.290 e. The van der Waals surface area contributed by atoms with Crippen LogP contribution in [-0.4, -0.2) is 27.5 Å². The second-order valence-electron chi connectivity index (χ2n) is 5.82. The van der Waals surface area contributed by atoms with Crippen molar-refractivity contribution in [2.45, 2.75) is 33.2 Å². The summed E-state index contributed by atoms with van der Waals surface area (Å²) >= 11 is 0. The zero-order valence-corrected chi connectivity index (χ0v) is 14.6. The molecule has 3 aromatic rings. The van der Waals surface area contributed by atoms with Crippen molar-refractivity contribution in [3.63, 3.8) is 0 Å². The number of nitrogens with zero attached hydrogens (tertiary/aromatic N) is 3. The SMILES string of the molecule is CCC(c1nc(-c2cccc(C)c2)no1)N(CC)C(=O)c1ccco1. The second-order valence-corrected chi connectivity index (χ2v) is 5.82. The summed E-state index contributed by atoms with van der Waals surface area (Å²) in [7, 11) is 0. The number of hydrogen-bond acceptors (Lipinski definition) is 5. The highest BCUT2D eigenvalue weighted by molar-refractivity contribution is 5.91. The lowest BCUT2D eigenvalue weighted by Crippen LogP contribution is -2.34. The molecule has 3 rings (SSSR count). The van der Waals surface area contributed by atoms with Crippen molar-refractivity contribution in [1.29, 1.82) is 0 Å². The van der Waals surface area contributed by atoms with E-state index in [4.69, 9.17) is 8.94 Å². The van der Waals surface area contributed by atoms with Crippen LogP contribution >= 0.6 is 0 Å². The van der Waals surface area contributed by atoms with Crippen molar-refractivity contribution in [2.75, 3.05) is 6.54 Å². The van der Waals surface area contributed by atoms with E-state index in [9.17, 15) is 4.79 Å². The Morgan fingerprint density at radius 2 is 2.08 bits per heavy atom. The van der Waals surface area contributed by atoms with Crippen molar-refractivity contribution >= 4 is 5.91 Å². The minimum atomic E-state index is -0.298. The van der Waals surface area contributed by atoms with Gasteiger partial charge in [-0.15, -0.1) is 0 Å². The highest BCUT2D eigenvalue weighted by Crippen LogP contribution is 2.27. The number of aryl methyl sites for hydroxylation is 1. The molecule has 0 aliphatic heterocycles. The molecule has 1 amide bonds. The highest BCUT2D eigenvalue weighted by Gasteiger charge is 2.29. The summed E-state index contributed by atoms with van der Waals surface area (Å²) in [5.41, 5.74) is 2.02. The Labute approximate surface area is 146 Å². The van der Waals surface area contributed by atoms with Crippen LogP contribution in [0, 0.1) is 6.92 Å². The Balaban J connectivity index is 1.89. The van der Waals surface area contributed by atoms with Gasteiger partial charge in [-0.3, -0.25) is 4.79 Å². The molecule has 0 radical (unpaired) electrons. The smallest absolute Gasteiger partial charge is 0.290 e. The molecule has 1 unspecified atom stereocenters. The van der Waals surface area contributed by atoms with Gasteiger partial charge in [0.05, 0.1) is 6.26 Å². The summed E-state index contributed by atoms with van der Waals surface area (Å²) < 4.78 is 10.7. The Kier molecular flexibility index (Phi) is 4.97. The van der Waals surface area contributed by atoms with E-state index in [1.807, 2.05) is 45.0 Å². The molecule has 0 saturated heterocycles. The van der Waals surface area contributed by atoms with Gasteiger partial charge in [0.15, 0.2) is 5.76 Å². The van der Waals surface area contributed by atoms with E-state index in [2.05, 4.69) is 10.1 Å². The van der Waals surface area contributed by atoms with Crippen molar-refractivity contribution in [2.24, 2.45) is 0 Å².